The Morgan fingerprint density at radius 3 is 2.61 bits per heavy atom. The number of aromatic nitrogens is 2. The summed E-state index contributed by atoms with van der Waals surface area (Å²) in [4.78, 5) is 16.3. The number of benzene rings is 1. The highest BCUT2D eigenvalue weighted by atomic mass is 16.3. The van der Waals surface area contributed by atoms with Crippen LogP contribution < -0.4 is 5.73 Å². The number of hydrogen-bond acceptors (Lipinski definition) is 4. The normalized spacial score (nSPS) is 16.9. The first-order chi connectivity index (χ1) is 13.4. The molecule has 0 fully saturated rings. The van der Waals surface area contributed by atoms with Crippen molar-refractivity contribution >= 4 is 22.4 Å². The molecule has 2 aromatic heterocycles. The number of amides is 1. The van der Waals surface area contributed by atoms with Gasteiger partial charge in [0.2, 0.25) is 0 Å². The lowest BCUT2D eigenvalue weighted by molar-refractivity contribution is 0.0996. The molecule has 1 unspecified atom stereocenters. The van der Waals surface area contributed by atoms with E-state index in [1.165, 1.54) is 22.3 Å². The molecule has 28 heavy (non-hydrogen) atoms. The number of hydrogen-bond donors (Lipinski definition) is 3. The summed E-state index contributed by atoms with van der Waals surface area (Å²) >= 11 is 0. The standard InChI is InChI=1S/C22H23N3O3/c1-13-2-5-15(6-3-13)17-11-19(22(23)28)24-18-10-14(4-7-16(17)18)12-25-20(26)8-9-21(25)27/h4-5,7-11,13,26-27H,2-3,6,12H2,1H3,(H2,23,28). The van der Waals surface area contributed by atoms with Crippen LogP contribution in [0.15, 0.2) is 42.5 Å². The van der Waals surface area contributed by atoms with Gasteiger partial charge in [-0.15, -0.1) is 0 Å². The van der Waals surface area contributed by atoms with Gasteiger partial charge in [-0.2, -0.15) is 0 Å². The molecule has 0 radical (unpaired) electrons. The lowest BCUT2D eigenvalue weighted by Gasteiger charge is -2.20. The molecule has 1 atom stereocenters. The number of rotatable bonds is 4. The van der Waals surface area contributed by atoms with Crippen LogP contribution >= 0.6 is 0 Å². The Kier molecular flexibility index (Phi) is 4.55. The van der Waals surface area contributed by atoms with E-state index >= 15 is 0 Å². The SMILES string of the molecule is CC1CC=C(c2cc(C(N)=O)nc3cc(Cn4c(O)ccc4O)ccc23)CC1. The van der Waals surface area contributed by atoms with Crippen LogP contribution in [0.5, 0.6) is 11.8 Å². The van der Waals surface area contributed by atoms with Gasteiger partial charge in [0, 0.05) is 17.5 Å². The van der Waals surface area contributed by atoms with Crippen molar-refractivity contribution in [3.8, 4) is 11.8 Å². The molecular weight excluding hydrogens is 354 g/mol. The highest BCUT2D eigenvalue weighted by Crippen LogP contribution is 2.34. The Hall–Kier alpha value is -3.28. The second kappa shape index (κ2) is 7.03. The fraction of sp³-hybridized carbons (Fsp3) is 0.273. The molecule has 0 saturated carbocycles. The zero-order chi connectivity index (χ0) is 19.8. The molecule has 0 bridgehead atoms. The van der Waals surface area contributed by atoms with E-state index in [-0.39, 0.29) is 17.5 Å². The lowest BCUT2D eigenvalue weighted by atomic mass is 9.86. The number of aromatic hydroxyl groups is 2. The Bertz CT molecular complexity index is 1080. The maximum absolute atomic E-state index is 11.8. The van der Waals surface area contributed by atoms with Crippen molar-refractivity contribution < 1.29 is 15.0 Å². The van der Waals surface area contributed by atoms with E-state index in [1.54, 1.807) is 6.07 Å². The molecule has 1 aliphatic carbocycles. The van der Waals surface area contributed by atoms with Crippen LogP contribution in [-0.4, -0.2) is 25.7 Å². The second-order valence-corrected chi connectivity index (χ2v) is 7.52. The predicted octanol–water partition coefficient (Wildman–Crippen LogP) is 3.80. The first kappa shape index (κ1) is 18.1. The minimum Gasteiger partial charge on any atom is -0.494 e. The summed E-state index contributed by atoms with van der Waals surface area (Å²) in [5.41, 5.74) is 9.51. The summed E-state index contributed by atoms with van der Waals surface area (Å²) < 4.78 is 1.39. The van der Waals surface area contributed by atoms with E-state index in [4.69, 9.17) is 5.73 Å². The van der Waals surface area contributed by atoms with Crippen molar-refractivity contribution in [3.05, 3.63) is 59.3 Å². The number of nitrogens with zero attached hydrogens (tertiary/aromatic N) is 2. The number of pyridine rings is 1. The quantitative estimate of drug-likeness (QED) is 0.644. The smallest absolute Gasteiger partial charge is 0.267 e. The highest BCUT2D eigenvalue weighted by molar-refractivity contribution is 5.99. The van der Waals surface area contributed by atoms with E-state index in [2.05, 4.69) is 18.0 Å². The molecule has 6 nitrogen and oxygen atoms in total. The van der Waals surface area contributed by atoms with Crippen LogP contribution in [0.1, 0.15) is 47.8 Å². The Morgan fingerprint density at radius 2 is 1.96 bits per heavy atom. The van der Waals surface area contributed by atoms with Gasteiger partial charge < -0.3 is 15.9 Å². The number of allylic oxidation sites excluding steroid dienone is 2. The molecule has 144 valence electrons. The van der Waals surface area contributed by atoms with E-state index in [0.717, 1.165) is 35.8 Å². The molecule has 0 spiro atoms. The van der Waals surface area contributed by atoms with Crippen molar-refractivity contribution in [1.82, 2.24) is 9.55 Å². The predicted molar refractivity (Wildman–Crippen MR) is 108 cm³/mol. The minimum absolute atomic E-state index is 0.0152. The molecule has 1 amide bonds. The van der Waals surface area contributed by atoms with Gasteiger partial charge in [0.1, 0.15) is 5.69 Å². The largest absolute Gasteiger partial charge is 0.494 e. The van der Waals surface area contributed by atoms with E-state index in [9.17, 15) is 15.0 Å². The first-order valence-electron chi connectivity index (χ1n) is 9.42. The summed E-state index contributed by atoms with van der Waals surface area (Å²) in [6, 6.07) is 10.5. The molecular formula is C22H23N3O3. The van der Waals surface area contributed by atoms with Gasteiger partial charge in [-0.25, -0.2) is 4.98 Å². The first-order valence-corrected chi connectivity index (χ1v) is 9.42. The maximum Gasteiger partial charge on any atom is 0.267 e. The van der Waals surface area contributed by atoms with E-state index < -0.39 is 5.91 Å². The van der Waals surface area contributed by atoms with Gasteiger partial charge >= 0.3 is 0 Å². The summed E-state index contributed by atoms with van der Waals surface area (Å²) in [7, 11) is 0. The van der Waals surface area contributed by atoms with Crippen molar-refractivity contribution in [2.75, 3.05) is 0 Å². The van der Waals surface area contributed by atoms with Gasteiger partial charge in [-0.05, 0) is 54.0 Å². The van der Waals surface area contributed by atoms with Crippen molar-refractivity contribution in [1.29, 1.82) is 0 Å². The van der Waals surface area contributed by atoms with Crippen molar-refractivity contribution in [2.45, 2.75) is 32.7 Å². The van der Waals surface area contributed by atoms with Crippen LogP contribution in [0, 0.1) is 5.92 Å². The molecule has 3 aromatic rings. The van der Waals surface area contributed by atoms with Crippen LogP contribution in [0.2, 0.25) is 0 Å². The number of primary amides is 1. The molecule has 2 heterocycles. The summed E-state index contributed by atoms with van der Waals surface area (Å²) in [5.74, 6) is 0.0808. The number of carbonyl (C=O) groups is 1. The van der Waals surface area contributed by atoms with E-state index in [1.807, 2.05) is 18.2 Å². The number of carbonyl (C=O) groups excluding carboxylic acids is 1. The lowest BCUT2D eigenvalue weighted by Crippen LogP contribution is -2.14. The van der Waals surface area contributed by atoms with Crippen LogP contribution in [0.3, 0.4) is 0 Å². The summed E-state index contributed by atoms with van der Waals surface area (Å²) in [6.45, 7) is 2.53. The number of fused-ring (bicyclic) bond motifs is 1. The van der Waals surface area contributed by atoms with Gasteiger partial charge in [0.25, 0.3) is 5.91 Å². The Balaban J connectivity index is 1.81. The maximum atomic E-state index is 11.8. The molecule has 0 aliphatic heterocycles. The molecule has 6 heteroatoms. The van der Waals surface area contributed by atoms with Crippen LogP contribution in [-0.2, 0) is 6.54 Å². The van der Waals surface area contributed by atoms with Crippen LogP contribution in [0.25, 0.3) is 16.5 Å². The van der Waals surface area contributed by atoms with Crippen molar-refractivity contribution in [2.24, 2.45) is 11.7 Å². The summed E-state index contributed by atoms with van der Waals surface area (Å²) in [6.07, 6.45) is 5.35. The van der Waals surface area contributed by atoms with Crippen LogP contribution in [0.4, 0.5) is 0 Å². The van der Waals surface area contributed by atoms with Gasteiger partial charge in [-0.3, -0.25) is 9.36 Å². The monoisotopic (exact) mass is 377 g/mol. The van der Waals surface area contributed by atoms with Crippen molar-refractivity contribution in [3.63, 3.8) is 0 Å². The molecule has 4 N–H and O–H groups in total. The third-order valence-electron chi connectivity index (χ3n) is 5.42. The highest BCUT2D eigenvalue weighted by Gasteiger charge is 2.17. The molecule has 0 saturated heterocycles. The summed E-state index contributed by atoms with van der Waals surface area (Å²) in [5, 5.41) is 20.7. The zero-order valence-corrected chi connectivity index (χ0v) is 15.7. The molecule has 1 aliphatic rings. The topological polar surface area (TPSA) is 101 Å². The van der Waals surface area contributed by atoms with E-state index in [0.29, 0.717) is 18.0 Å². The van der Waals surface area contributed by atoms with Gasteiger partial charge in [-0.1, -0.05) is 25.1 Å². The fourth-order valence-corrected chi connectivity index (χ4v) is 3.77. The number of nitrogens with two attached hydrogens (primary N) is 1. The average Bonchev–Trinajstić information content (AvgIpc) is 2.99. The van der Waals surface area contributed by atoms with Gasteiger partial charge in [0.05, 0.1) is 12.1 Å². The zero-order valence-electron chi connectivity index (χ0n) is 15.7. The third-order valence-corrected chi connectivity index (χ3v) is 5.42. The van der Waals surface area contributed by atoms with Gasteiger partial charge in [0.15, 0.2) is 11.8 Å². The Morgan fingerprint density at radius 1 is 1.21 bits per heavy atom. The second-order valence-electron chi connectivity index (χ2n) is 7.52. The Labute approximate surface area is 162 Å². The third kappa shape index (κ3) is 3.33. The average molecular weight is 377 g/mol. The molecule has 1 aromatic carbocycles. The molecule has 4 rings (SSSR count). The fourth-order valence-electron chi connectivity index (χ4n) is 3.77. The minimum atomic E-state index is -0.556.